The van der Waals surface area contributed by atoms with Gasteiger partial charge in [-0.1, -0.05) is 13.8 Å². The first-order valence-electron chi connectivity index (χ1n) is 7.14. The van der Waals surface area contributed by atoms with Crippen molar-refractivity contribution >= 4 is 0 Å². The van der Waals surface area contributed by atoms with Gasteiger partial charge in [0.05, 0.1) is 18.6 Å². The fraction of sp³-hybridized carbons (Fsp3) is 0.923. The Morgan fingerprint density at radius 3 is 2.89 bits per heavy atom. The summed E-state index contributed by atoms with van der Waals surface area (Å²) in [6, 6.07) is 0. The van der Waals surface area contributed by atoms with E-state index in [4.69, 9.17) is 0 Å². The standard InChI is InChI=1S/C13H25N5/c1-5-13(3,4)18-12(14-15-16-18)10-17-8-6-7-11(2)9-17/h11H,5-10H2,1-4H3/p+1/t11-/m1/s1. The molecule has 1 saturated heterocycles. The molecule has 102 valence electrons. The van der Waals surface area contributed by atoms with E-state index >= 15 is 0 Å². The fourth-order valence-electron chi connectivity index (χ4n) is 2.72. The summed E-state index contributed by atoms with van der Waals surface area (Å²) in [7, 11) is 0. The Morgan fingerprint density at radius 2 is 2.22 bits per heavy atom. The van der Waals surface area contributed by atoms with Gasteiger partial charge in [0.2, 0.25) is 5.82 Å². The van der Waals surface area contributed by atoms with Crippen LogP contribution in [-0.4, -0.2) is 33.3 Å². The van der Waals surface area contributed by atoms with E-state index in [1.807, 2.05) is 4.68 Å². The molecular weight excluding hydrogens is 226 g/mol. The van der Waals surface area contributed by atoms with E-state index in [0.29, 0.717) is 0 Å². The second kappa shape index (κ2) is 5.34. The van der Waals surface area contributed by atoms with Crippen molar-refractivity contribution in [2.24, 2.45) is 5.92 Å². The number of nitrogens with one attached hydrogen (secondary N) is 1. The second-order valence-corrected chi connectivity index (χ2v) is 6.30. The van der Waals surface area contributed by atoms with Crippen LogP contribution in [0.1, 0.15) is 52.8 Å². The van der Waals surface area contributed by atoms with Gasteiger partial charge in [-0.25, -0.2) is 4.68 Å². The molecule has 0 amide bonds. The number of hydrogen-bond donors (Lipinski definition) is 1. The molecule has 1 unspecified atom stereocenters. The molecule has 2 atom stereocenters. The van der Waals surface area contributed by atoms with Crippen molar-refractivity contribution in [3.63, 3.8) is 0 Å². The van der Waals surface area contributed by atoms with Crippen LogP contribution in [0.5, 0.6) is 0 Å². The zero-order valence-corrected chi connectivity index (χ0v) is 12.1. The van der Waals surface area contributed by atoms with Gasteiger partial charge in [-0.05, 0) is 43.5 Å². The number of nitrogens with zero attached hydrogens (tertiary/aromatic N) is 4. The highest BCUT2D eigenvalue weighted by molar-refractivity contribution is 4.86. The van der Waals surface area contributed by atoms with E-state index in [-0.39, 0.29) is 5.54 Å². The Hall–Kier alpha value is -0.970. The van der Waals surface area contributed by atoms with Crippen LogP contribution in [0.25, 0.3) is 0 Å². The monoisotopic (exact) mass is 252 g/mol. The van der Waals surface area contributed by atoms with Gasteiger partial charge >= 0.3 is 0 Å². The predicted octanol–water partition coefficient (Wildman–Crippen LogP) is 0.633. The van der Waals surface area contributed by atoms with Gasteiger partial charge < -0.3 is 4.90 Å². The Kier molecular flexibility index (Phi) is 4.00. The van der Waals surface area contributed by atoms with E-state index in [9.17, 15) is 0 Å². The molecule has 1 aliphatic heterocycles. The maximum atomic E-state index is 4.23. The molecular formula is C13H26N5+. The molecule has 5 heteroatoms. The van der Waals surface area contributed by atoms with Gasteiger partial charge in [0.1, 0.15) is 6.54 Å². The number of likely N-dealkylation sites (tertiary alicyclic amines) is 1. The van der Waals surface area contributed by atoms with Crippen molar-refractivity contribution in [1.29, 1.82) is 0 Å². The lowest BCUT2D eigenvalue weighted by Crippen LogP contribution is -3.12. The minimum atomic E-state index is 0.0136. The first-order valence-corrected chi connectivity index (χ1v) is 7.14. The van der Waals surface area contributed by atoms with E-state index in [0.717, 1.165) is 24.7 Å². The highest BCUT2D eigenvalue weighted by Crippen LogP contribution is 2.18. The fourth-order valence-corrected chi connectivity index (χ4v) is 2.72. The van der Waals surface area contributed by atoms with Gasteiger partial charge in [-0.15, -0.1) is 5.10 Å². The quantitative estimate of drug-likeness (QED) is 0.855. The average molecular weight is 252 g/mol. The highest BCUT2D eigenvalue weighted by Gasteiger charge is 2.27. The molecule has 0 saturated carbocycles. The summed E-state index contributed by atoms with van der Waals surface area (Å²) in [5.41, 5.74) is 0.0136. The van der Waals surface area contributed by atoms with Crippen LogP contribution < -0.4 is 4.90 Å². The molecule has 1 aliphatic rings. The van der Waals surface area contributed by atoms with Crippen LogP contribution in [-0.2, 0) is 12.1 Å². The van der Waals surface area contributed by atoms with Crippen molar-refractivity contribution in [1.82, 2.24) is 20.2 Å². The van der Waals surface area contributed by atoms with Crippen molar-refractivity contribution < 1.29 is 4.90 Å². The molecule has 2 heterocycles. The molecule has 18 heavy (non-hydrogen) atoms. The molecule has 1 fully saturated rings. The van der Waals surface area contributed by atoms with Crippen molar-refractivity contribution in [3.8, 4) is 0 Å². The first kappa shape index (κ1) is 13.5. The third-order valence-electron chi connectivity index (χ3n) is 4.25. The number of piperidine rings is 1. The Labute approximate surface area is 110 Å². The Morgan fingerprint density at radius 1 is 1.44 bits per heavy atom. The summed E-state index contributed by atoms with van der Waals surface area (Å²) >= 11 is 0. The topological polar surface area (TPSA) is 48.0 Å². The maximum absolute atomic E-state index is 4.23. The summed E-state index contributed by atoms with van der Waals surface area (Å²) in [5, 5.41) is 12.3. The first-order chi connectivity index (χ1) is 8.53. The van der Waals surface area contributed by atoms with Crippen LogP contribution >= 0.6 is 0 Å². The lowest BCUT2D eigenvalue weighted by Gasteiger charge is -2.29. The third kappa shape index (κ3) is 2.88. The SMILES string of the molecule is CCC(C)(C)n1nnnc1C[NH+]1CCC[C@@H](C)C1. The minimum absolute atomic E-state index is 0.0136. The predicted molar refractivity (Wildman–Crippen MR) is 70.2 cm³/mol. The molecule has 5 nitrogen and oxygen atoms in total. The van der Waals surface area contributed by atoms with Gasteiger partial charge in [-0.2, -0.15) is 0 Å². The molecule has 1 N–H and O–H groups in total. The van der Waals surface area contributed by atoms with Crippen LogP contribution in [0.3, 0.4) is 0 Å². The van der Waals surface area contributed by atoms with Crippen molar-refractivity contribution in [2.45, 2.75) is 59.0 Å². The Balaban J connectivity index is 2.08. The average Bonchev–Trinajstić information content (AvgIpc) is 2.78. The maximum Gasteiger partial charge on any atom is 0.206 e. The van der Waals surface area contributed by atoms with E-state index in [1.165, 1.54) is 25.9 Å². The summed E-state index contributed by atoms with van der Waals surface area (Å²) in [6.45, 7) is 12.4. The molecule has 1 aromatic rings. The second-order valence-electron chi connectivity index (χ2n) is 6.30. The molecule has 2 rings (SSSR count). The number of hydrogen-bond acceptors (Lipinski definition) is 3. The van der Waals surface area contributed by atoms with Crippen molar-refractivity contribution in [2.75, 3.05) is 13.1 Å². The van der Waals surface area contributed by atoms with E-state index < -0.39 is 0 Å². The zero-order chi connectivity index (χ0) is 13.2. The molecule has 0 bridgehead atoms. The third-order valence-corrected chi connectivity index (χ3v) is 4.25. The van der Waals surface area contributed by atoms with Crippen LogP contribution in [0.2, 0.25) is 0 Å². The lowest BCUT2D eigenvalue weighted by atomic mass is 10.00. The van der Waals surface area contributed by atoms with Crippen LogP contribution in [0.15, 0.2) is 0 Å². The molecule has 0 aliphatic carbocycles. The number of tetrazole rings is 1. The minimum Gasteiger partial charge on any atom is -0.328 e. The van der Waals surface area contributed by atoms with Crippen molar-refractivity contribution in [3.05, 3.63) is 5.82 Å². The smallest absolute Gasteiger partial charge is 0.206 e. The highest BCUT2D eigenvalue weighted by atomic mass is 15.6. The number of rotatable bonds is 4. The summed E-state index contributed by atoms with van der Waals surface area (Å²) in [6.07, 6.45) is 3.74. The molecule has 1 aromatic heterocycles. The number of quaternary nitrogens is 1. The largest absolute Gasteiger partial charge is 0.328 e. The summed E-state index contributed by atoms with van der Waals surface area (Å²) in [5.74, 6) is 1.86. The summed E-state index contributed by atoms with van der Waals surface area (Å²) in [4.78, 5) is 1.62. The van der Waals surface area contributed by atoms with Crippen LogP contribution in [0, 0.1) is 5.92 Å². The van der Waals surface area contributed by atoms with E-state index in [1.54, 1.807) is 4.90 Å². The van der Waals surface area contributed by atoms with E-state index in [2.05, 4.69) is 43.2 Å². The van der Waals surface area contributed by atoms with Gasteiger partial charge in [-0.3, -0.25) is 0 Å². The van der Waals surface area contributed by atoms with Gasteiger partial charge in [0, 0.05) is 5.92 Å². The zero-order valence-electron chi connectivity index (χ0n) is 12.1. The molecule has 0 spiro atoms. The Bertz CT molecular complexity index is 384. The molecule has 0 aromatic carbocycles. The lowest BCUT2D eigenvalue weighted by molar-refractivity contribution is -0.922. The van der Waals surface area contributed by atoms with Gasteiger partial charge in [0.15, 0.2) is 0 Å². The molecule has 0 radical (unpaired) electrons. The van der Waals surface area contributed by atoms with Crippen LogP contribution in [0.4, 0.5) is 0 Å². The van der Waals surface area contributed by atoms with Gasteiger partial charge in [0.25, 0.3) is 0 Å². The number of aromatic nitrogens is 4. The normalized spacial score (nSPS) is 25.3. The summed E-state index contributed by atoms with van der Waals surface area (Å²) < 4.78 is 2.01.